The van der Waals surface area contributed by atoms with E-state index in [4.69, 9.17) is 5.11 Å². The summed E-state index contributed by atoms with van der Waals surface area (Å²) in [6, 6.07) is 1.00. The third kappa shape index (κ3) is 3.62. The fraction of sp³-hybridized carbons (Fsp3) is 0. The fourth-order valence-corrected chi connectivity index (χ4v) is 0.358. The second kappa shape index (κ2) is 5.43. The number of rotatable bonds is 0. The van der Waals surface area contributed by atoms with Crippen molar-refractivity contribution in [2.75, 3.05) is 0 Å². The zero-order chi connectivity index (χ0) is 5.98. The van der Waals surface area contributed by atoms with Gasteiger partial charge in [0.15, 0.2) is 0 Å². The van der Waals surface area contributed by atoms with Gasteiger partial charge in [0, 0.05) is 29.6 Å². The third-order valence-corrected chi connectivity index (χ3v) is 0.664. The van der Waals surface area contributed by atoms with E-state index >= 15 is 0 Å². The number of nitrogens with zero attached hydrogens (tertiary/aromatic N) is 1. The van der Waals surface area contributed by atoms with Gasteiger partial charge in [-0.15, -0.1) is 0 Å². The SMILES string of the molecule is O.O=c1cc(O)nc[nH]1.[Na]. The van der Waals surface area contributed by atoms with Crippen LogP contribution in [0.2, 0.25) is 0 Å². The first kappa shape index (κ1) is 12.3. The van der Waals surface area contributed by atoms with Crippen molar-refractivity contribution in [2.45, 2.75) is 0 Å². The molecule has 0 saturated carbocycles. The predicted molar refractivity (Wildman–Crippen MR) is 35.9 cm³/mol. The second-order valence-corrected chi connectivity index (χ2v) is 1.27. The molecular weight excluding hydrogens is 147 g/mol. The molecule has 0 saturated heterocycles. The van der Waals surface area contributed by atoms with Gasteiger partial charge in [-0.25, -0.2) is 4.98 Å². The molecule has 0 fully saturated rings. The quantitative estimate of drug-likeness (QED) is 0.433. The molecule has 0 aliphatic heterocycles. The van der Waals surface area contributed by atoms with Gasteiger partial charge in [-0.1, -0.05) is 0 Å². The Balaban J connectivity index is 0. The van der Waals surface area contributed by atoms with Crippen molar-refractivity contribution in [3.8, 4) is 5.88 Å². The van der Waals surface area contributed by atoms with Crippen molar-refractivity contribution < 1.29 is 10.6 Å². The summed E-state index contributed by atoms with van der Waals surface area (Å²) in [4.78, 5) is 15.8. The number of hydrogen-bond acceptors (Lipinski definition) is 3. The van der Waals surface area contributed by atoms with Crippen molar-refractivity contribution in [2.24, 2.45) is 0 Å². The van der Waals surface area contributed by atoms with Crippen LogP contribution in [0.25, 0.3) is 0 Å². The van der Waals surface area contributed by atoms with E-state index in [1.165, 1.54) is 0 Å². The molecule has 0 amide bonds. The average molecular weight is 153 g/mol. The molecule has 0 aromatic carbocycles. The van der Waals surface area contributed by atoms with E-state index in [1.807, 2.05) is 0 Å². The zero-order valence-corrected chi connectivity index (χ0v) is 7.46. The maximum atomic E-state index is 10.2. The van der Waals surface area contributed by atoms with Gasteiger partial charge in [0.1, 0.15) is 0 Å². The van der Waals surface area contributed by atoms with Gasteiger partial charge in [-0.3, -0.25) is 4.79 Å². The Hall–Kier alpha value is -0.360. The average Bonchev–Trinajstić information content (AvgIpc) is 1.64. The van der Waals surface area contributed by atoms with Crippen molar-refractivity contribution >= 4 is 29.6 Å². The summed E-state index contributed by atoms with van der Waals surface area (Å²) in [5, 5.41) is 8.48. The fourth-order valence-electron chi connectivity index (χ4n) is 0.358. The van der Waals surface area contributed by atoms with E-state index in [0.717, 1.165) is 12.4 Å². The summed E-state index contributed by atoms with van der Waals surface area (Å²) in [5.41, 5.74) is -0.350. The van der Waals surface area contributed by atoms with Crippen molar-refractivity contribution in [3.05, 3.63) is 22.7 Å². The molecule has 51 valence electrons. The summed E-state index contributed by atoms with van der Waals surface area (Å²) in [6.07, 6.45) is 1.14. The summed E-state index contributed by atoms with van der Waals surface area (Å²) < 4.78 is 0. The summed E-state index contributed by atoms with van der Waals surface area (Å²) >= 11 is 0. The number of nitrogens with one attached hydrogen (secondary N) is 1. The molecule has 5 nitrogen and oxygen atoms in total. The molecule has 6 heteroatoms. The Bertz CT molecular complexity index is 236. The molecule has 1 rings (SSSR count). The first-order valence-corrected chi connectivity index (χ1v) is 2.03. The van der Waals surface area contributed by atoms with Gasteiger partial charge < -0.3 is 15.6 Å². The summed E-state index contributed by atoms with van der Waals surface area (Å²) in [5.74, 6) is -0.256. The maximum absolute atomic E-state index is 10.2. The number of aromatic nitrogens is 2. The molecule has 0 unspecified atom stereocenters. The van der Waals surface area contributed by atoms with Crippen LogP contribution in [0.5, 0.6) is 5.88 Å². The van der Waals surface area contributed by atoms with E-state index in [2.05, 4.69) is 9.97 Å². The van der Waals surface area contributed by atoms with Crippen LogP contribution in [0.4, 0.5) is 0 Å². The molecule has 0 bridgehead atoms. The minimum Gasteiger partial charge on any atom is -0.493 e. The zero-order valence-electron chi connectivity index (χ0n) is 5.46. The largest absolute Gasteiger partial charge is 0.493 e. The van der Waals surface area contributed by atoms with Gasteiger partial charge in [0.25, 0.3) is 5.56 Å². The molecule has 0 atom stereocenters. The molecule has 1 heterocycles. The number of hydrogen-bond donors (Lipinski definition) is 2. The molecule has 0 aliphatic carbocycles. The molecule has 1 radical (unpaired) electrons. The standard InChI is InChI=1S/C4H4N2O2.Na.H2O/c7-3-1-4(8)6-2-5-3;;/h1-2H,(H2,5,6,7,8);;1H2. The predicted octanol–water partition coefficient (Wildman–Crippen LogP) is -1.73. The Labute approximate surface area is 78.7 Å². The summed E-state index contributed by atoms with van der Waals surface area (Å²) in [6.45, 7) is 0. The first-order chi connectivity index (χ1) is 3.79. The van der Waals surface area contributed by atoms with Crippen LogP contribution in [0.3, 0.4) is 0 Å². The van der Waals surface area contributed by atoms with E-state index in [9.17, 15) is 4.79 Å². The molecule has 0 spiro atoms. The summed E-state index contributed by atoms with van der Waals surface area (Å²) in [7, 11) is 0. The van der Waals surface area contributed by atoms with Crippen LogP contribution in [0.15, 0.2) is 17.2 Å². The van der Waals surface area contributed by atoms with Gasteiger partial charge >= 0.3 is 0 Å². The van der Waals surface area contributed by atoms with Crippen molar-refractivity contribution in [1.82, 2.24) is 9.97 Å². The van der Waals surface area contributed by atoms with E-state index < -0.39 is 0 Å². The van der Waals surface area contributed by atoms with E-state index in [1.54, 1.807) is 0 Å². The van der Waals surface area contributed by atoms with Crippen molar-refractivity contribution in [1.29, 1.82) is 0 Å². The Morgan fingerprint density at radius 3 is 2.50 bits per heavy atom. The maximum Gasteiger partial charge on any atom is 0.254 e. The topological polar surface area (TPSA) is 97.5 Å². The first-order valence-electron chi connectivity index (χ1n) is 2.03. The number of aromatic hydroxyl groups is 1. The van der Waals surface area contributed by atoms with Crippen LogP contribution in [-0.4, -0.2) is 50.1 Å². The molecule has 4 N–H and O–H groups in total. The molecule has 1 aromatic heterocycles. The second-order valence-electron chi connectivity index (χ2n) is 1.27. The molecule has 10 heavy (non-hydrogen) atoms. The Kier molecular flexibility index (Phi) is 6.69. The Morgan fingerprint density at radius 2 is 2.20 bits per heavy atom. The monoisotopic (exact) mass is 153 g/mol. The van der Waals surface area contributed by atoms with E-state index in [0.29, 0.717) is 0 Å². The normalized spacial score (nSPS) is 7.20. The van der Waals surface area contributed by atoms with E-state index in [-0.39, 0.29) is 46.5 Å². The minimum absolute atomic E-state index is 0. The molecular formula is C4H6N2NaO3. The van der Waals surface area contributed by atoms with Gasteiger partial charge in [-0.05, 0) is 0 Å². The van der Waals surface area contributed by atoms with Crippen LogP contribution in [0, 0.1) is 0 Å². The number of aromatic amines is 1. The Morgan fingerprint density at radius 1 is 1.60 bits per heavy atom. The number of H-pyrrole nitrogens is 1. The van der Waals surface area contributed by atoms with Gasteiger partial charge in [0.2, 0.25) is 5.88 Å². The van der Waals surface area contributed by atoms with Crippen LogP contribution < -0.4 is 5.56 Å². The minimum atomic E-state index is -0.350. The van der Waals surface area contributed by atoms with Gasteiger partial charge in [-0.2, -0.15) is 0 Å². The molecule has 0 aliphatic rings. The molecule has 1 aromatic rings. The van der Waals surface area contributed by atoms with Crippen LogP contribution >= 0.6 is 0 Å². The van der Waals surface area contributed by atoms with Crippen LogP contribution in [-0.2, 0) is 0 Å². The third-order valence-electron chi connectivity index (χ3n) is 0.664. The smallest absolute Gasteiger partial charge is 0.254 e. The van der Waals surface area contributed by atoms with Crippen molar-refractivity contribution in [3.63, 3.8) is 0 Å². The van der Waals surface area contributed by atoms with Crippen LogP contribution in [0.1, 0.15) is 0 Å². The van der Waals surface area contributed by atoms with Gasteiger partial charge in [0.05, 0.1) is 12.4 Å².